The number of oxazole rings is 1. The fourth-order valence-corrected chi connectivity index (χ4v) is 8.52. The highest BCUT2D eigenvalue weighted by Crippen LogP contribution is 2.41. The number of anilines is 2. The van der Waals surface area contributed by atoms with E-state index in [-0.39, 0.29) is 30.6 Å². The zero-order valence-electron chi connectivity index (χ0n) is 35.5. The number of rotatable bonds is 18. The van der Waals surface area contributed by atoms with Crippen LogP contribution in [0.4, 0.5) is 11.4 Å². The Balaban J connectivity index is 0.879. The number of carbonyl (C=O) groups excluding carboxylic acids is 2. The van der Waals surface area contributed by atoms with Crippen molar-refractivity contribution in [1.82, 2.24) is 10.3 Å². The number of nitrogens with one attached hydrogen (secondary N) is 2. The van der Waals surface area contributed by atoms with Gasteiger partial charge in [-0.1, -0.05) is 158 Å². The highest BCUT2D eigenvalue weighted by atomic mass is 32.2. The number of para-hydroxylation sites is 2. The van der Waals surface area contributed by atoms with Gasteiger partial charge in [0.2, 0.25) is 11.8 Å². The van der Waals surface area contributed by atoms with Gasteiger partial charge in [0, 0.05) is 48.3 Å². The van der Waals surface area contributed by atoms with Gasteiger partial charge in [-0.15, -0.1) is 0 Å². The van der Waals surface area contributed by atoms with Gasteiger partial charge >= 0.3 is 0 Å². The van der Waals surface area contributed by atoms with Crippen LogP contribution < -0.4 is 16.4 Å². The number of hydrogen-bond donors (Lipinski definition) is 4. The van der Waals surface area contributed by atoms with Crippen LogP contribution in [0.2, 0.25) is 0 Å². The molecule has 0 bridgehead atoms. The Kier molecular flexibility index (Phi) is 15.0. The predicted molar refractivity (Wildman–Crippen MR) is 253 cm³/mol. The van der Waals surface area contributed by atoms with Gasteiger partial charge in [-0.05, 0) is 58.9 Å². The van der Waals surface area contributed by atoms with Crippen molar-refractivity contribution in [3.63, 3.8) is 0 Å². The minimum Gasteiger partial charge on any atom is -0.431 e. The second-order valence-corrected chi connectivity index (χ2v) is 16.8. The number of benzene rings is 6. The van der Waals surface area contributed by atoms with E-state index >= 15 is 0 Å². The maximum absolute atomic E-state index is 12.7. The fourth-order valence-electron chi connectivity index (χ4n) is 7.68. The number of amides is 2. The number of hydrogen-bond acceptors (Lipinski definition) is 9. The van der Waals surface area contributed by atoms with Crippen LogP contribution in [-0.2, 0) is 32.2 Å². The smallest absolute Gasteiger partial charge is 0.256 e. The molecular weight excluding hydrogens is 821 g/mol. The van der Waals surface area contributed by atoms with Crippen LogP contribution in [0, 0.1) is 0 Å². The number of unbranched alkanes of at least 4 members (excludes halogenated alkanes) is 2. The van der Waals surface area contributed by atoms with Crippen LogP contribution in [0.25, 0.3) is 33.7 Å². The molecule has 2 heterocycles. The second kappa shape index (κ2) is 21.7. The number of nitrogens with two attached hydrogens (primary N) is 1. The van der Waals surface area contributed by atoms with Gasteiger partial charge in [0.15, 0.2) is 12.1 Å². The molecule has 0 unspecified atom stereocenters. The first kappa shape index (κ1) is 44.1. The number of aliphatic hydroxyl groups is 1. The fraction of sp³-hybridized carbons (Fsp3) is 0.226. The summed E-state index contributed by atoms with van der Waals surface area (Å²) in [5.74, 6) is 1.23. The lowest BCUT2D eigenvalue weighted by molar-refractivity contribution is -0.245. The Morgan fingerprint density at radius 3 is 2.08 bits per heavy atom. The maximum atomic E-state index is 12.7. The molecule has 3 atom stereocenters. The van der Waals surface area contributed by atoms with Crippen molar-refractivity contribution < 1.29 is 28.6 Å². The van der Waals surface area contributed by atoms with Crippen LogP contribution in [0.15, 0.2) is 167 Å². The molecular formula is C53H52N4O6S. The molecule has 1 fully saturated rings. The average Bonchev–Trinajstić information content (AvgIpc) is 3.78. The molecule has 1 aliphatic rings. The minimum atomic E-state index is -0.618. The lowest BCUT2D eigenvalue weighted by atomic mass is 9.99. The molecule has 1 aliphatic heterocycles. The molecule has 7 aromatic rings. The van der Waals surface area contributed by atoms with Gasteiger partial charge in [-0.2, -0.15) is 0 Å². The largest absolute Gasteiger partial charge is 0.431 e. The summed E-state index contributed by atoms with van der Waals surface area (Å²) in [6.07, 6.45) is 2.55. The molecule has 0 spiro atoms. The van der Waals surface area contributed by atoms with Crippen molar-refractivity contribution in [1.29, 1.82) is 0 Å². The van der Waals surface area contributed by atoms with Gasteiger partial charge in [-0.25, -0.2) is 4.98 Å². The zero-order valence-corrected chi connectivity index (χ0v) is 36.3. The van der Waals surface area contributed by atoms with E-state index in [0.29, 0.717) is 61.0 Å². The molecule has 1 aromatic heterocycles. The number of thioether (sulfide) groups is 1. The van der Waals surface area contributed by atoms with Gasteiger partial charge < -0.3 is 35.4 Å². The van der Waals surface area contributed by atoms with Gasteiger partial charge in [0.05, 0.1) is 30.2 Å². The Morgan fingerprint density at radius 2 is 1.34 bits per heavy atom. The first-order valence-electron chi connectivity index (χ1n) is 21.7. The van der Waals surface area contributed by atoms with E-state index in [2.05, 4.69) is 34.9 Å². The van der Waals surface area contributed by atoms with Gasteiger partial charge in [-0.3, -0.25) is 9.59 Å². The first-order valence-corrected chi connectivity index (χ1v) is 22.7. The number of nitrogens with zero attached hydrogens (tertiary/aromatic N) is 1. The van der Waals surface area contributed by atoms with Crippen LogP contribution >= 0.6 is 11.8 Å². The zero-order chi connectivity index (χ0) is 44.1. The van der Waals surface area contributed by atoms with Crippen LogP contribution in [-0.4, -0.2) is 33.8 Å². The van der Waals surface area contributed by atoms with Crippen molar-refractivity contribution in [2.24, 2.45) is 0 Å². The van der Waals surface area contributed by atoms with Crippen molar-refractivity contribution in [2.45, 2.75) is 75.4 Å². The third kappa shape index (κ3) is 11.7. The molecule has 0 aliphatic carbocycles. The topological polar surface area (TPSA) is 149 Å². The summed E-state index contributed by atoms with van der Waals surface area (Å²) < 4.78 is 19.8. The maximum Gasteiger partial charge on any atom is 0.256 e. The van der Waals surface area contributed by atoms with Gasteiger partial charge in [0.1, 0.15) is 5.69 Å². The quantitative estimate of drug-likeness (QED) is 0.0375. The van der Waals surface area contributed by atoms with E-state index in [1.54, 1.807) is 12.1 Å². The van der Waals surface area contributed by atoms with E-state index < -0.39 is 6.29 Å². The molecule has 1 saturated heterocycles. The number of ether oxygens (including phenoxy) is 2. The second-order valence-electron chi connectivity index (χ2n) is 15.8. The summed E-state index contributed by atoms with van der Waals surface area (Å²) in [7, 11) is 0. The predicted octanol–water partition coefficient (Wildman–Crippen LogP) is 11.3. The van der Waals surface area contributed by atoms with Crippen molar-refractivity contribution >= 4 is 35.0 Å². The summed E-state index contributed by atoms with van der Waals surface area (Å²) in [5.41, 5.74) is 15.6. The molecule has 326 valence electrons. The monoisotopic (exact) mass is 872 g/mol. The van der Waals surface area contributed by atoms with Gasteiger partial charge in [0.25, 0.3) is 5.22 Å². The molecule has 10 nitrogen and oxygen atoms in total. The van der Waals surface area contributed by atoms with E-state index in [9.17, 15) is 14.7 Å². The average molecular weight is 873 g/mol. The first-order chi connectivity index (χ1) is 31.4. The lowest BCUT2D eigenvalue weighted by Crippen LogP contribution is -2.31. The molecule has 5 N–H and O–H groups in total. The number of aliphatic hydroxyl groups excluding tert-OH is 1. The molecule has 0 saturated carbocycles. The summed E-state index contributed by atoms with van der Waals surface area (Å²) in [4.78, 5) is 30.0. The molecule has 8 rings (SSSR count). The Labute approximate surface area is 378 Å². The normalized spacial score (nSPS) is 16.0. The molecule has 6 aromatic carbocycles. The van der Waals surface area contributed by atoms with E-state index in [0.717, 1.165) is 62.4 Å². The molecule has 64 heavy (non-hydrogen) atoms. The van der Waals surface area contributed by atoms with E-state index in [1.165, 1.54) is 11.8 Å². The van der Waals surface area contributed by atoms with Crippen LogP contribution in [0.5, 0.6) is 0 Å². The van der Waals surface area contributed by atoms with Crippen molar-refractivity contribution in [3.05, 3.63) is 180 Å². The van der Waals surface area contributed by atoms with E-state index in [1.807, 2.05) is 121 Å². The third-order valence-electron chi connectivity index (χ3n) is 11.2. The lowest BCUT2D eigenvalue weighted by Gasteiger charge is -2.36. The Morgan fingerprint density at radius 1 is 0.672 bits per heavy atom. The highest BCUT2D eigenvalue weighted by Gasteiger charge is 2.33. The number of aromatic nitrogens is 1. The van der Waals surface area contributed by atoms with Crippen molar-refractivity contribution in [3.8, 4) is 33.7 Å². The molecule has 2 amide bonds. The van der Waals surface area contributed by atoms with Crippen molar-refractivity contribution in [2.75, 3.05) is 16.8 Å². The summed E-state index contributed by atoms with van der Waals surface area (Å²) >= 11 is 1.53. The third-order valence-corrected chi connectivity index (χ3v) is 12.1. The number of nitrogen functional groups attached to an aromatic ring is 1. The minimum absolute atomic E-state index is 0.0163. The standard InChI is InChI=1S/C53H52N4O6S/c54-45-19-10-11-20-46(45)56-49(60)22-9-3-8-21-48(59)55-33-37-13-12-18-43(31-37)38-27-29-42(30-28-38)52-61-44(32-47(62-52)39-25-23-36(34-58)24-26-39)35-64-53-57-50(40-14-4-1-5-15-40)51(63-53)41-16-6-2-7-17-41/h1-2,4-7,10-20,23-31,44,47,52,58H,3,8-9,21-22,32-35,54H2,(H,55,59)(H,56,60)/t44-,47+,52+/m0/s1. The summed E-state index contributed by atoms with van der Waals surface area (Å²) in [6, 6.07) is 51.6. The highest BCUT2D eigenvalue weighted by molar-refractivity contribution is 7.99. The van der Waals surface area contributed by atoms with Crippen LogP contribution in [0.1, 0.15) is 73.2 Å². The Hall–Kier alpha value is -6.50. The number of carbonyl (C=O) groups is 2. The Bertz CT molecular complexity index is 2550. The molecule has 11 heteroatoms. The van der Waals surface area contributed by atoms with Crippen LogP contribution in [0.3, 0.4) is 0 Å². The summed E-state index contributed by atoms with van der Waals surface area (Å²) in [6.45, 7) is 0.397. The summed E-state index contributed by atoms with van der Waals surface area (Å²) in [5, 5.41) is 16.1. The molecule has 0 radical (unpaired) electrons. The van der Waals surface area contributed by atoms with E-state index in [4.69, 9.17) is 24.6 Å². The SMILES string of the molecule is Nc1ccccc1NC(=O)CCCCCC(=O)NCc1cccc(-c2ccc([C@@H]3O[C@H](CSc4nc(-c5ccccc5)c(-c5ccccc5)o4)C[C@H](c4ccc(CO)cc4)O3)cc2)c1.